The summed E-state index contributed by atoms with van der Waals surface area (Å²) in [6.45, 7) is 12.8. The van der Waals surface area contributed by atoms with Crippen LogP contribution in [0.2, 0.25) is 0 Å². The van der Waals surface area contributed by atoms with Crippen LogP contribution in [0.25, 0.3) is 0 Å². The molecule has 8 nitrogen and oxygen atoms in total. The zero-order valence-corrected chi connectivity index (χ0v) is 21.4. The summed E-state index contributed by atoms with van der Waals surface area (Å²) in [5.41, 5.74) is 4.93. The van der Waals surface area contributed by atoms with Gasteiger partial charge in [-0.05, 0) is 32.8 Å². The van der Waals surface area contributed by atoms with Crippen LogP contribution >= 0.6 is 0 Å². The molecule has 2 aliphatic rings. The molecule has 2 aromatic rings. The number of ether oxygens (including phenoxy) is 3. The van der Waals surface area contributed by atoms with E-state index in [1.54, 1.807) is 6.20 Å². The van der Waals surface area contributed by atoms with Gasteiger partial charge in [0.05, 0.1) is 36.5 Å². The van der Waals surface area contributed by atoms with E-state index < -0.39 is 5.79 Å². The van der Waals surface area contributed by atoms with E-state index in [0.717, 1.165) is 43.0 Å². The fourth-order valence-electron chi connectivity index (χ4n) is 4.40. The second-order valence-electron chi connectivity index (χ2n) is 10.2. The number of nitrogens with zero attached hydrogens (tertiary/aromatic N) is 2. The molecule has 3 heterocycles. The fourth-order valence-corrected chi connectivity index (χ4v) is 4.40. The Balaban J connectivity index is 1.52. The molecular formula is C27H38N4O4. The first-order chi connectivity index (χ1) is 16.8. The Bertz CT molecular complexity index is 1000. The third kappa shape index (κ3) is 6.79. The summed E-state index contributed by atoms with van der Waals surface area (Å²) in [6, 6.07) is 10.5. The van der Waals surface area contributed by atoms with Gasteiger partial charge >= 0.3 is 0 Å². The van der Waals surface area contributed by atoms with Gasteiger partial charge in [0.25, 0.3) is 0 Å². The normalized spacial score (nSPS) is 19.1. The summed E-state index contributed by atoms with van der Waals surface area (Å²) in [5.74, 6) is -0.744. The van der Waals surface area contributed by atoms with E-state index >= 15 is 0 Å². The molecule has 1 amide bonds. The minimum absolute atomic E-state index is 0.0202. The molecule has 0 bridgehead atoms. The SMILES string of the molecule is CCOCC(=O)Nc1cnc2c(c1NCC1(C)COC(C)(C)OC1)CCN(Cc1ccccc1)C2. The summed E-state index contributed by atoms with van der Waals surface area (Å²) >= 11 is 0. The molecule has 35 heavy (non-hydrogen) atoms. The zero-order valence-electron chi connectivity index (χ0n) is 21.4. The van der Waals surface area contributed by atoms with Crippen LogP contribution in [0.3, 0.4) is 0 Å². The number of pyridine rings is 1. The second kappa shape index (κ2) is 11.0. The molecule has 2 N–H and O–H groups in total. The summed E-state index contributed by atoms with van der Waals surface area (Å²) in [4.78, 5) is 19.6. The number of fused-ring (bicyclic) bond motifs is 1. The number of carbonyl (C=O) groups is 1. The first-order valence-corrected chi connectivity index (χ1v) is 12.4. The van der Waals surface area contributed by atoms with Crippen LogP contribution in [0.1, 0.15) is 44.5 Å². The van der Waals surface area contributed by atoms with Gasteiger partial charge in [0, 0.05) is 43.8 Å². The van der Waals surface area contributed by atoms with E-state index in [2.05, 4.69) is 46.7 Å². The van der Waals surface area contributed by atoms with Gasteiger partial charge in [-0.2, -0.15) is 0 Å². The largest absolute Gasteiger partial charge is 0.382 e. The molecule has 1 aromatic carbocycles. The van der Waals surface area contributed by atoms with Crippen LogP contribution < -0.4 is 10.6 Å². The predicted molar refractivity (Wildman–Crippen MR) is 136 cm³/mol. The Kier molecular flexibility index (Phi) is 8.06. The van der Waals surface area contributed by atoms with E-state index in [1.165, 1.54) is 5.56 Å². The van der Waals surface area contributed by atoms with E-state index in [1.807, 2.05) is 26.8 Å². The minimum Gasteiger partial charge on any atom is -0.382 e. The summed E-state index contributed by atoms with van der Waals surface area (Å²) in [5, 5.41) is 6.63. The fraction of sp³-hybridized carbons (Fsp3) is 0.556. The number of aromatic nitrogens is 1. The number of hydrogen-bond acceptors (Lipinski definition) is 7. The van der Waals surface area contributed by atoms with E-state index in [4.69, 9.17) is 19.2 Å². The lowest BCUT2D eigenvalue weighted by Gasteiger charge is -2.42. The summed E-state index contributed by atoms with van der Waals surface area (Å²) < 4.78 is 17.1. The highest BCUT2D eigenvalue weighted by Crippen LogP contribution is 2.35. The molecule has 0 atom stereocenters. The number of amides is 1. The van der Waals surface area contributed by atoms with Crippen LogP contribution in [0.4, 0.5) is 11.4 Å². The molecule has 1 aromatic heterocycles. The molecular weight excluding hydrogens is 444 g/mol. The van der Waals surface area contributed by atoms with Gasteiger partial charge in [-0.1, -0.05) is 37.3 Å². The molecule has 1 fully saturated rings. The van der Waals surface area contributed by atoms with Crippen molar-refractivity contribution in [2.24, 2.45) is 5.41 Å². The van der Waals surface area contributed by atoms with Crippen LogP contribution in [0.5, 0.6) is 0 Å². The van der Waals surface area contributed by atoms with Crippen molar-refractivity contribution in [3.8, 4) is 0 Å². The molecule has 4 rings (SSSR count). The Morgan fingerprint density at radius 1 is 1.17 bits per heavy atom. The highest BCUT2D eigenvalue weighted by atomic mass is 16.7. The van der Waals surface area contributed by atoms with Crippen molar-refractivity contribution < 1.29 is 19.0 Å². The quantitative estimate of drug-likeness (QED) is 0.562. The van der Waals surface area contributed by atoms with E-state index in [9.17, 15) is 4.79 Å². The molecule has 0 saturated carbocycles. The van der Waals surface area contributed by atoms with Gasteiger partial charge < -0.3 is 24.8 Å². The molecule has 0 aliphatic carbocycles. The van der Waals surface area contributed by atoms with Crippen molar-refractivity contribution in [3.63, 3.8) is 0 Å². The van der Waals surface area contributed by atoms with Gasteiger partial charge in [-0.15, -0.1) is 0 Å². The molecule has 0 spiro atoms. The number of benzene rings is 1. The summed E-state index contributed by atoms with van der Waals surface area (Å²) in [7, 11) is 0. The van der Waals surface area contributed by atoms with E-state index in [-0.39, 0.29) is 17.9 Å². The van der Waals surface area contributed by atoms with Gasteiger partial charge in [0.1, 0.15) is 6.61 Å². The zero-order chi connectivity index (χ0) is 24.9. The lowest BCUT2D eigenvalue weighted by molar-refractivity contribution is -0.279. The highest BCUT2D eigenvalue weighted by Gasteiger charge is 2.37. The second-order valence-corrected chi connectivity index (χ2v) is 10.2. The van der Waals surface area contributed by atoms with Crippen molar-refractivity contribution in [1.82, 2.24) is 9.88 Å². The van der Waals surface area contributed by atoms with E-state index in [0.29, 0.717) is 32.1 Å². The van der Waals surface area contributed by atoms with Gasteiger partial charge in [0.15, 0.2) is 5.79 Å². The first kappa shape index (κ1) is 25.6. The maximum Gasteiger partial charge on any atom is 0.250 e. The Hall–Kier alpha value is -2.52. The monoisotopic (exact) mass is 482 g/mol. The van der Waals surface area contributed by atoms with Crippen molar-refractivity contribution in [2.45, 2.75) is 53.0 Å². The molecule has 190 valence electrons. The Morgan fingerprint density at radius 2 is 1.91 bits per heavy atom. The Morgan fingerprint density at radius 3 is 2.63 bits per heavy atom. The molecule has 2 aliphatic heterocycles. The standard InChI is InChI=1S/C27H38N4O4/c1-5-33-16-24(32)30-22-13-28-23-15-31(14-20-9-7-6-8-10-20)12-11-21(23)25(22)29-17-27(4)18-34-26(2,3)35-19-27/h6-10,13H,5,11-12,14-19H2,1-4H3,(H,28,29)(H,30,32). The molecule has 0 unspecified atom stereocenters. The topological polar surface area (TPSA) is 85.0 Å². The Labute approximate surface area is 208 Å². The lowest BCUT2D eigenvalue weighted by atomic mass is 9.91. The number of anilines is 2. The van der Waals surface area contributed by atoms with Crippen molar-refractivity contribution in [2.75, 3.05) is 50.2 Å². The maximum absolute atomic E-state index is 12.4. The number of hydrogen-bond donors (Lipinski definition) is 2. The van der Waals surface area contributed by atoms with Crippen LogP contribution in [0.15, 0.2) is 36.5 Å². The average molecular weight is 483 g/mol. The van der Waals surface area contributed by atoms with Crippen LogP contribution in [-0.2, 0) is 38.5 Å². The van der Waals surface area contributed by atoms with Gasteiger partial charge in [-0.3, -0.25) is 14.7 Å². The third-order valence-electron chi connectivity index (χ3n) is 6.51. The lowest BCUT2D eigenvalue weighted by Crippen LogP contribution is -2.48. The molecule has 1 saturated heterocycles. The predicted octanol–water partition coefficient (Wildman–Crippen LogP) is 3.82. The number of rotatable bonds is 9. The smallest absolute Gasteiger partial charge is 0.250 e. The number of nitrogens with one attached hydrogen (secondary N) is 2. The van der Waals surface area contributed by atoms with Crippen LogP contribution in [0, 0.1) is 5.41 Å². The first-order valence-electron chi connectivity index (χ1n) is 12.4. The molecule has 8 heteroatoms. The summed E-state index contributed by atoms with van der Waals surface area (Å²) in [6.07, 6.45) is 2.61. The minimum atomic E-state index is -0.560. The van der Waals surface area contributed by atoms with Gasteiger partial charge in [0.2, 0.25) is 5.91 Å². The number of carbonyl (C=O) groups excluding carboxylic acids is 1. The molecule has 0 radical (unpaired) electrons. The highest BCUT2D eigenvalue weighted by molar-refractivity contribution is 5.95. The third-order valence-corrected chi connectivity index (χ3v) is 6.51. The van der Waals surface area contributed by atoms with Crippen molar-refractivity contribution >= 4 is 17.3 Å². The maximum atomic E-state index is 12.4. The van der Waals surface area contributed by atoms with Crippen molar-refractivity contribution in [3.05, 3.63) is 53.3 Å². The van der Waals surface area contributed by atoms with Crippen LogP contribution in [-0.4, -0.2) is 61.1 Å². The van der Waals surface area contributed by atoms with Crippen molar-refractivity contribution in [1.29, 1.82) is 0 Å². The van der Waals surface area contributed by atoms with Gasteiger partial charge in [-0.25, -0.2) is 0 Å². The average Bonchev–Trinajstić information content (AvgIpc) is 2.85.